The number of para-hydroxylation sites is 1. The van der Waals surface area contributed by atoms with Crippen molar-refractivity contribution in [1.29, 1.82) is 0 Å². The van der Waals surface area contributed by atoms with E-state index >= 15 is 0 Å². The van der Waals surface area contributed by atoms with Gasteiger partial charge in [0, 0.05) is 48.6 Å². The van der Waals surface area contributed by atoms with E-state index in [-0.39, 0.29) is 0 Å². The number of fused-ring (bicyclic) bond motifs is 7. The largest absolute Gasteiger partial charge is 0.308 e. The van der Waals surface area contributed by atoms with Gasteiger partial charge in [-0.3, -0.25) is 0 Å². The first-order chi connectivity index (χ1) is 30.7. The molecule has 3 aromatic heterocycles. The first-order valence-corrected chi connectivity index (χ1v) is 21.7. The minimum Gasteiger partial charge on any atom is -0.308 e. The Balaban J connectivity index is 0.972. The average molecular weight is 809 g/mol. The van der Waals surface area contributed by atoms with Gasteiger partial charge in [0.15, 0.2) is 17.5 Å². The molecule has 0 atom stereocenters. The molecule has 4 nitrogen and oxygen atoms in total. The average Bonchev–Trinajstić information content (AvgIpc) is 3.91. The van der Waals surface area contributed by atoms with E-state index in [0.29, 0.717) is 17.5 Å². The smallest absolute Gasteiger partial charge is 0.164 e. The van der Waals surface area contributed by atoms with Gasteiger partial charge in [-0.1, -0.05) is 188 Å². The Kier molecular flexibility index (Phi) is 8.65. The summed E-state index contributed by atoms with van der Waals surface area (Å²) in [6.07, 6.45) is 0. The Morgan fingerprint density at radius 3 is 1.44 bits per heavy atom. The molecule has 0 spiro atoms. The van der Waals surface area contributed by atoms with Crippen LogP contribution in [0.2, 0.25) is 0 Å². The van der Waals surface area contributed by atoms with E-state index in [1.807, 2.05) is 23.5 Å². The highest BCUT2D eigenvalue weighted by Crippen LogP contribution is 2.43. The summed E-state index contributed by atoms with van der Waals surface area (Å²) in [5, 5.41) is 5.11. The van der Waals surface area contributed by atoms with E-state index in [4.69, 9.17) is 15.0 Å². The van der Waals surface area contributed by atoms with E-state index < -0.39 is 0 Å². The molecule has 5 heteroatoms. The quantitative estimate of drug-likeness (QED) is 0.161. The van der Waals surface area contributed by atoms with Crippen LogP contribution in [0.1, 0.15) is 0 Å². The molecule has 3 heterocycles. The summed E-state index contributed by atoms with van der Waals surface area (Å²) in [5.74, 6) is 1.88. The maximum absolute atomic E-state index is 5.15. The summed E-state index contributed by atoms with van der Waals surface area (Å²) in [6.45, 7) is 0. The lowest BCUT2D eigenvalue weighted by molar-refractivity contribution is 1.07. The van der Waals surface area contributed by atoms with Crippen LogP contribution in [-0.4, -0.2) is 19.5 Å². The van der Waals surface area contributed by atoms with E-state index in [9.17, 15) is 0 Å². The number of hydrogen-bond acceptors (Lipinski definition) is 4. The fourth-order valence-electron chi connectivity index (χ4n) is 8.81. The first kappa shape index (κ1) is 35.9. The molecule has 12 rings (SSSR count). The predicted molar refractivity (Wildman–Crippen MR) is 260 cm³/mol. The zero-order chi connectivity index (χ0) is 41.0. The van der Waals surface area contributed by atoms with Crippen molar-refractivity contribution in [1.82, 2.24) is 19.5 Å². The van der Waals surface area contributed by atoms with Gasteiger partial charge in [0.1, 0.15) is 0 Å². The lowest BCUT2D eigenvalue weighted by Gasteiger charge is -2.12. The third-order valence-electron chi connectivity index (χ3n) is 11.9. The molecule has 9 aromatic carbocycles. The van der Waals surface area contributed by atoms with Crippen LogP contribution in [0, 0.1) is 0 Å². The molecule has 0 fully saturated rings. The second-order valence-electron chi connectivity index (χ2n) is 15.6. The summed E-state index contributed by atoms with van der Waals surface area (Å²) in [7, 11) is 0. The minimum absolute atomic E-state index is 0.622. The molecule has 0 N–H and O–H groups in total. The Labute approximate surface area is 362 Å². The fourth-order valence-corrected chi connectivity index (χ4v) is 10.0. The van der Waals surface area contributed by atoms with Crippen molar-refractivity contribution in [3.05, 3.63) is 218 Å². The Morgan fingerprint density at radius 1 is 0.306 bits per heavy atom. The maximum Gasteiger partial charge on any atom is 0.164 e. The zero-order valence-electron chi connectivity index (χ0n) is 33.5. The topological polar surface area (TPSA) is 43.6 Å². The highest BCUT2D eigenvalue weighted by atomic mass is 32.1. The van der Waals surface area contributed by atoms with Crippen LogP contribution in [0.4, 0.5) is 0 Å². The van der Waals surface area contributed by atoms with Gasteiger partial charge in [0.2, 0.25) is 0 Å². The summed E-state index contributed by atoms with van der Waals surface area (Å²) in [5.41, 5.74) is 13.2. The molecule has 0 aliphatic heterocycles. The predicted octanol–water partition coefficient (Wildman–Crippen LogP) is 15.3. The minimum atomic E-state index is 0.622. The van der Waals surface area contributed by atoms with Crippen molar-refractivity contribution in [3.8, 4) is 73.2 Å². The van der Waals surface area contributed by atoms with E-state index in [1.54, 1.807) is 0 Å². The second kappa shape index (κ2) is 14.9. The van der Waals surface area contributed by atoms with Gasteiger partial charge in [0.05, 0.1) is 15.7 Å². The Bertz CT molecular complexity index is 3510. The Hall–Kier alpha value is -7.99. The van der Waals surface area contributed by atoms with Crippen molar-refractivity contribution >= 4 is 53.3 Å². The summed E-state index contributed by atoms with van der Waals surface area (Å²) in [6, 6.07) is 77.4. The van der Waals surface area contributed by atoms with Crippen molar-refractivity contribution in [2.45, 2.75) is 0 Å². The first-order valence-electron chi connectivity index (χ1n) is 20.8. The van der Waals surface area contributed by atoms with Crippen LogP contribution in [0.5, 0.6) is 0 Å². The number of nitrogens with zero attached hydrogens (tertiary/aromatic N) is 4. The number of thiophene rings is 1. The van der Waals surface area contributed by atoms with Crippen LogP contribution in [0.15, 0.2) is 218 Å². The molecule has 0 aliphatic carbocycles. The molecule has 0 saturated carbocycles. The SMILES string of the molecule is c1ccc(-c2ccc(-c3nc(-c4ccc(-c5ccccc5)cc4)nc(-c4cccc(-c5cccc(-n6c7ccccc7c7ccc8c9ccccc9sc8c76)c5)c4)n3)cc2)cc1. The van der Waals surface area contributed by atoms with Crippen molar-refractivity contribution in [2.75, 3.05) is 0 Å². The van der Waals surface area contributed by atoms with Gasteiger partial charge < -0.3 is 4.57 Å². The van der Waals surface area contributed by atoms with Crippen molar-refractivity contribution in [2.24, 2.45) is 0 Å². The van der Waals surface area contributed by atoms with Crippen LogP contribution in [-0.2, 0) is 0 Å². The zero-order valence-corrected chi connectivity index (χ0v) is 34.3. The third kappa shape index (κ3) is 6.26. The van der Waals surface area contributed by atoms with Crippen molar-refractivity contribution in [3.63, 3.8) is 0 Å². The fraction of sp³-hybridized carbons (Fsp3) is 0. The molecule has 62 heavy (non-hydrogen) atoms. The molecule has 0 bridgehead atoms. The molecule has 290 valence electrons. The van der Waals surface area contributed by atoms with Gasteiger partial charge in [-0.2, -0.15) is 0 Å². The van der Waals surface area contributed by atoms with Crippen LogP contribution in [0.3, 0.4) is 0 Å². The van der Waals surface area contributed by atoms with Gasteiger partial charge in [-0.15, -0.1) is 11.3 Å². The van der Waals surface area contributed by atoms with E-state index in [0.717, 1.165) is 44.6 Å². The number of aromatic nitrogens is 4. The van der Waals surface area contributed by atoms with Gasteiger partial charge in [0.25, 0.3) is 0 Å². The van der Waals surface area contributed by atoms with E-state index in [1.165, 1.54) is 53.1 Å². The molecule has 12 aromatic rings. The summed E-state index contributed by atoms with van der Waals surface area (Å²) >= 11 is 1.87. The third-order valence-corrected chi connectivity index (χ3v) is 13.1. The normalized spacial score (nSPS) is 11.5. The van der Waals surface area contributed by atoms with Crippen LogP contribution < -0.4 is 0 Å². The maximum atomic E-state index is 5.15. The molecule has 0 amide bonds. The number of rotatable bonds is 7. The molecule has 0 aliphatic rings. The lowest BCUT2D eigenvalue weighted by Crippen LogP contribution is -2.00. The van der Waals surface area contributed by atoms with Gasteiger partial charge in [-0.25, -0.2) is 15.0 Å². The molecule has 0 radical (unpaired) electrons. The number of hydrogen-bond donors (Lipinski definition) is 0. The van der Waals surface area contributed by atoms with Crippen LogP contribution in [0.25, 0.3) is 115 Å². The summed E-state index contributed by atoms with van der Waals surface area (Å²) < 4.78 is 5.06. The van der Waals surface area contributed by atoms with Crippen molar-refractivity contribution < 1.29 is 0 Å². The van der Waals surface area contributed by atoms with E-state index in [2.05, 4.69) is 211 Å². The molecule has 0 saturated heterocycles. The lowest BCUT2D eigenvalue weighted by atomic mass is 10.0. The Morgan fingerprint density at radius 2 is 0.774 bits per heavy atom. The molecular weight excluding hydrogens is 773 g/mol. The standard InChI is InChI=1S/C57H36N4S/c1-3-13-37(14-4-1)39-25-29-41(30-26-39)55-58-56(42-31-27-40(28-32-42)38-15-5-2-6-16-38)60-57(59-55)45-19-11-17-43(35-45)44-18-12-20-46(36-44)61-51-23-9-7-21-47(51)49-33-34-50-48-22-8-10-24-52(48)62-54(50)53(49)61/h1-36H. The summed E-state index contributed by atoms with van der Waals surface area (Å²) in [4.78, 5) is 15.4. The highest BCUT2D eigenvalue weighted by Gasteiger charge is 2.19. The molecular formula is C57H36N4S. The molecule has 0 unspecified atom stereocenters. The highest BCUT2D eigenvalue weighted by molar-refractivity contribution is 7.26. The van der Waals surface area contributed by atoms with Gasteiger partial charge in [-0.05, 0) is 63.7 Å². The monoisotopic (exact) mass is 808 g/mol. The van der Waals surface area contributed by atoms with Crippen LogP contribution >= 0.6 is 11.3 Å². The number of benzene rings is 9. The van der Waals surface area contributed by atoms with Gasteiger partial charge >= 0.3 is 0 Å². The second-order valence-corrected chi connectivity index (χ2v) is 16.7.